The number of amides is 1. The number of nitrogens with one attached hydrogen (secondary N) is 1. The molecule has 0 aliphatic heterocycles. The molecule has 1 fully saturated rings. The Balaban J connectivity index is 1.30. The number of hydrogen-bond donors (Lipinski definition) is 1. The highest BCUT2D eigenvalue weighted by molar-refractivity contribution is 5.86. The topological polar surface area (TPSA) is 46.9 Å². The van der Waals surface area contributed by atoms with Crippen molar-refractivity contribution < 1.29 is 4.79 Å². The van der Waals surface area contributed by atoms with Crippen LogP contribution in [0.3, 0.4) is 0 Å². The minimum Gasteiger partial charge on any atom is -0.349 e. The molecular weight excluding hydrogens is 358 g/mol. The molecule has 0 spiro atoms. The highest BCUT2D eigenvalue weighted by atomic mass is 16.2. The van der Waals surface area contributed by atoms with Crippen molar-refractivity contribution in [3.05, 3.63) is 89.2 Å². The quantitative estimate of drug-likeness (QED) is 0.681. The van der Waals surface area contributed by atoms with Gasteiger partial charge in [-0.3, -0.25) is 9.48 Å². The predicted molar refractivity (Wildman–Crippen MR) is 113 cm³/mol. The van der Waals surface area contributed by atoms with Crippen LogP contribution >= 0.6 is 0 Å². The summed E-state index contributed by atoms with van der Waals surface area (Å²) in [6.45, 7) is 0.786. The summed E-state index contributed by atoms with van der Waals surface area (Å²) in [5, 5.41) is 8.04. The molecule has 0 radical (unpaired) electrons. The van der Waals surface area contributed by atoms with Gasteiger partial charge in [0.05, 0.1) is 24.2 Å². The van der Waals surface area contributed by atoms with Crippen molar-refractivity contribution >= 4 is 5.91 Å². The largest absolute Gasteiger partial charge is 0.349 e. The Bertz CT molecular complexity index is 989. The Labute approximate surface area is 172 Å². The number of hydrogen-bond acceptors (Lipinski definition) is 2. The van der Waals surface area contributed by atoms with Crippen molar-refractivity contribution in [1.82, 2.24) is 15.1 Å². The van der Waals surface area contributed by atoms with Crippen LogP contribution in [0.4, 0.5) is 0 Å². The second-order valence-corrected chi connectivity index (χ2v) is 8.55. The molecule has 2 aliphatic carbocycles. The SMILES string of the molecule is O=C(NC1CCCc2c1cnn2Cc1ccccc1)C1(Cc2ccccc2)CC1. The lowest BCUT2D eigenvalue weighted by molar-refractivity contribution is -0.127. The minimum atomic E-state index is -0.209. The van der Waals surface area contributed by atoms with E-state index in [2.05, 4.69) is 63.6 Å². The summed E-state index contributed by atoms with van der Waals surface area (Å²) < 4.78 is 2.11. The zero-order valence-electron chi connectivity index (χ0n) is 16.7. The first-order chi connectivity index (χ1) is 14.2. The second-order valence-electron chi connectivity index (χ2n) is 8.55. The Morgan fingerprint density at radius 1 is 1.03 bits per heavy atom. The van der Waals surface area contributed by atoms with Gasteiger partial charge in [-0.25, -0.2) is 0 Å². The van der Waals surface area contributed by atoms with Crippen LogP contribution in [0.15, 0.2) is 66.9 Å². The van der Waals surface area contributed by atoms with Crippen molar-refractivity contribution in [3.63, 3.8) is 0 Å². The fourth-order valence-electron chi connectivity index (χ4n) is 4.59. The molecule has 29 heavy (non-hydrogen) atoms. The average molecular weight is 386 g/mol. The number of carbonyl (C=O) groups excluding carboxylic acids is 1. The van der Waals surface area contributed by atoms with Crippen molar-refractivity contribution in [2.45, 2.75) is 51.1 Å². The van der Waals surface area contributed by atoms with Gasteiger partial charge in [0.1, 0.15) is 0 Å². The van der Waals surface area contributed by atoms with Crippen molar-refractivity contribution in [1.29, 1.82) is 0 Å². The van der Waals surface area contributed by atoms with Gasteiger partial charge in [-0.1, -0.05) is 60.7 Å². The fourth-order valence-corrected chi connectivity index (χ4v) is 4.59. The Morgan fingerprint density at radius 2 is 1.72 bits per heavy atom. The third-order valence-electron chi connectivity index (χ3n) is 6.46. The third-order valence-corrected chi connectivity index (χ3v) is 6.46. The van der Waals surface area contributed by atoms with Crippen molar-refractivity contribution in [3.8, 4) is 0 Å². The maximum atomic E-state index is 13.2. The van der Waals surface area contributed by atoms with E-state index in [4.69, 9.17) is 0 Å². The van der Waals surface area contributed by atoms with E-state index in [0.29, 0.717) is 0 Å². The average Bonchev–Trinajstić information content (AvgIpc) is 3.43. The summed E-state index contributed by atoms with van der Waals surface area (Å²) in [6.07, 6.45) is 7.90. The lowest BCUT2D eigenvalue weighted by Gasteiger charge is -2.26. The number of benzene rings is 2. The van der Waals surface area contributed by atoms with Gasteiger partial charge in [0.25, 0.3) is 0 Å². The van der Waals surface area contributed by atoms with Gasteiger partial charge < -0.3 is 5.32 Å². The van der Waals surface area contributed by atoms with Crippen LogP contribution in [-0.2, 0) is 24.2 Å². The van der Waals surface area contributed by atoms with Crippen LogP contribution in [0, 0.1) is 5.41 Å². The van der Waals surface area contributed by atoms with Crippen LogP contribution < -0.4 is 5.32 Å². The molecule has 1 aromatic heterocycles. The molecule has 1 saturated carbocycles. The summed E-state index contributed by atoms with van der Waals surface area (Å²) in [6, 6.07) is 20.9. The molecule has 1 atom stereocenters. The first-order valence-corrected chi connectivity index (χ1v) is 10.7. The van der Waals surface area contributed by atoms with Crippen molar-refractivity contribution in [2.24, 2.45) is 5.41 Å². The van der Waals surface area contributed by atoms with Crippen LogP contribution in [0.2, 0.25) is 0 Å². The van der Waals surface area contributed by atoms with Crippen molar-refractivity contribution in [2.75, 3.05) is 0 Å². The minimum absolute atomic E-state index is 0.0871. The molecule has 0 saturated heterocycles. The summed E-state index contributed by atoms with van der Waals surface area (Å²) in [5.74, 6) is 0.218. The maximum Gasteiger partial charge on any atom is 0.227 e. The standard InChI is InChI=1S/C25H27N3O/c29-24(25(14-15-25)16-19-8-3-1-4-9-19)27-22-12-7-13-23-21(22)17-26-28(23)18-20-10-5-2-6-11-20/h1-6,8-11,17,22H,7,12-16,18H2,(H,27,29). The van der Waals surface area contributed by atoms with Crippen LogP contribution in [0.25, 0.3) is 0 Å². The van der Waals surface area contributed by atoms with E-state index >= 15 is 0 Å². The maximum absolute atomic E-state index is 13.2. The highest BCUT2D eigenvalue weighted by Gasteiger charge is 2.50. The molecular formula is C25H27N3O. The first kappa shape index (κ1) is 18.2. The molecule has 3 aromatic rings. The van der Waals surface area contributed by atoms with Gasteiger partial charge in [-0.15, -0.1) is 0 Å². The zero-order valence-corrected chi connectivity index (χ0v) is 16.7. The smallest absolute Gasteiger partial charge is 0.227 e. The number of nitrogens with zero attached hydrogens (tertiary/aromatic N) is 2. The molecule has 4 nitrogen and oxygen atoms in total. The van der Waals surface area contributed by atoms with Gasteiger partial charge in [0.15, 0.2) is 0 Å². The number of aromatic nitrogens is 2. The van der Waals surface area contributed by atoms with E-state index in [0.717, 1.165) is 45.1 Å². The molecule has 1 unspecified atom stereocenters. The van der Waals surface area contributed by atoms with E-state index in [1.807, 2.05) is 18.3 Å². The third kappa shape index (κ3) is 3.71. The highest BCUT2D eigenvalue weighted by Crippen LogP contribution is 2.49. The number of rotatable bonds is 6. The summed E-state index contributed by atoms with van der Waals surface area (Å²) in [4.78, 5) is 13.2. The van der Waals surface area contributed by atoms with E-state index < -0.39 is 0 Å². The summed E-state index contributed by atoms with van der Waals surface area (Å²) >= 11 is 0. The lowest BCUT2D eigenvalue weighted by atomic mass is 9.90. The van der Waals surface area contributed by atoms with E-state index in [-0.39, 0.29) is 17.4 Å². The molecule has 2 aromatic carbocycles. The monoisotopic (exact) mass is 385 g/mol. The van der Waals surface area contributed by atoms with Crippen LogP contribution in [-0.4, -0.2) is 15.7 Å². The Kier molecular flexibility index (Phi) is 4.70. The molecule has 1 amide bonds. The Hall–Kier alpha value is -2.88. The van der Waals surface area contributed by atoms with Gasteiger partial charge in [0.2, 0.25) is 5.91 Å². The zero-order chi connectivity index (χ0) is 19.7. The van der Waals surface area contributed by atoms with E-state index in [1.54, 1.807) is 0 Å². The van der Waals surface area contributed by atoms with Gasteiger partial charge in [-0.05, 0) is 49.7 Å². The molecule has 1 heterocycles. The van der Waals surface area contributed by atoms with Crippen LogP contribution in [0.1, 0.15) is 54.1 Å². The molecule has 2 aliphatic rings. The number of carbonyl (C=O) groups is 1. The molecule has 5 rings (SSSR count). The van der Waals surface area contributed by atoms with Gasteiger partial charge in [-0.2, -0.15) is 5.10 Å². The number of fused-ring (bicyclic) bond motifs is 1. The van der Waals surface area contributed by atoms with E-state index in [1.165, 1.54) is 22.4 Å². The molecule has 1 N–H and O–H groups in total. The molecule has 148 valence electrons. The molecule has 4 heteroatoms. The fraction of sp³-hybridized carbons (Fsp3) is 0.360. The molecule has 0 bridgehead atoms. The Morgan fingerprint density at radius 3 is 2.41 bits per heavy atom. The normalized spacial score (nSPS) is 19.4. The summed E-state index contributed by atoms with van der Waals surface area (Å²) in [5.41, 5.74) is 4.78. The van der Waals surface area contributed by atoms with E-state index in [9.17, 15) is 4.79 Å². The first-order valence-electron chi connectivity index (χ1n) is 10.7. The predicted octanol–water partition coefficient (Wildman–Crippen LogP) is 4.45. The summed E-state index contributed by atoms with van der Waals surface area (Å²) in [7, 11) is 0. The van der Waals surface area contributed by atoms with Crippen LogP contribution in [0.5, 0.6) is 0 Å². The second kappa shape index (κ2) is 7.51. The van der Waals surface area contributed by atoms with Gasteiger partial charge >= 0.3 is 0 Å². The van der Waals surface area contributed by atoms with Gasteiger partial charge in [0, 0.05) is 11.3 Å². The lowest BCUT2D eigenvalue weighted by Crippen LogP contribution is -2.37.